The third kappa shape index (κ3) is 2.24. The Balaban J connectivity index is 1.69. The Kier molecular flexibility index (Phi) is 3.16. The van der Waals surface area contributed by atoms with Crippen LogP contribution in [-0.4, -0.2) is 56.8 Å². The molecule has 3 N–H and O–H groups in total. The normalized spacial score (nSPS) is 45.6. The number of aliphatic hydroxyl groups is 3. The quantitative estimate of drug-likeness (QED) is 0.650. The molecule has 1 saturated heterocycles. The zero-order chi connectivity index (χ0) is 12.0. The molecule has 5 nitrogen and oxygen atoms in total. The molecule has 2 fully saturated rings. The summed E-state index contributed by atoms with van der Waals surface area (Å²) in [6.45, 7) is -0.278. The van der Waals surface area contributed by atoms with Crippen LogP contribution >= 0.6 is 11.8 Å². The van der Waals surface area contributed by atoms with Gasteiger partial charge in [0.15, 0.2) is 0 Å². The maximum absolute atomic E-state index is 9.96. The van der Waals surface area contributed by atoms with E-state index in [-0.39, 0.29) is 18.1 Å². The molecule has 0 aromatic rings. The molecule has 0 aromatic heterocycles. The first-order valence-corrected chi connectivity index (χ1v) is 6.93. The first-order chi connectivity index (χ1) is 8.19. The molecule has 0 amide bonds. The summed E-state index contributed by atoms with van der Waals surface area (Å²) in [4.78, 5) is 4.45. The summed E-state index contributed by atoms with van der Waals surface area (Å²) in [5.41, 5.74) is -0.251. The Bertz CT molecular complexity index is 333. The lowest BCUT2D eigenvalue weighted by atomic mass is 9.99. The molecule has 96 valence electrons. The van der Waals surface area contributed by atoms with E-state index in [1.165, 1.54) is 24.6 Å². The minimum Gasteiger partial charge on any atom is -0.394 e. The summed E-state index contributed by atoms with van der Waals surface area (Å²) < 4.78 is 5.56. The van der Waals surface area contributed by atoms with Gasteiger partial charge in [0.05, 0.1) is 11.7 Å². The lowest BCUT2D eigenvalue weighted by molar-refractivity contribution is -0.164. The lowest BCUT2D eigenvalue weighted by Gasteiger charge is -2.37. The fraction of sp³-hybridized carbons (Fsp3) is 0.909. The van der Waals surface area contributed by atoms with Crippen LogP contribution in [0.3, 0.4) is 0 Å². The molecule has 2 aliphatic heterocycles. The Morgan fingerprint density at radius 2 is 2.06 bits per heavy atom. The highest BCUT2D eigenvalue weighted by molar-refractivity contribution is 8.14. The predicted molar refractivity (Wildman–Crippen MR) is 63.9 cm³/mol. The number of thioether (sulfide) groups is 1. The van der Waals surface area contributed by atoms with E-state index in [9.17, 15) is 10.2 Å². The topological polar surface area (TPSA) is 82.3 Å². The lowest BCUT2D eigenvalue weighted by Crippen LogP contribution is -2.55. The third-order valence-corrected chi connectivity index (χ3v) is 4.72. The summed E-state index contributed by atoms with van der Waals surface area (Å²) in [6, 6.07) is -0.383. The van der Waals surface area contributed by atoms with Gasteiger partial charge in [0.25, 0.3) is 0 Å². The molecule has 5 atom stereocenters. The summed E-state index contributed by atoms with van der Waals surface area (Å²) in [7, 11) is 0. The second-order valence-electron chi connectivity index (χ2n) is 4.99. The van der Waals surface area contributed by atoms with E-state index < -0.39 is 18.3 Å². The molecule has 0 radical (unpaired) electrons. The SMILES string of the molecule is OCC1OC2SC(CC3CC3)=NC2C(O)C1O. The molecular weight excluding hydrogens is 242 g/mol. The zero-order valence-corrected chi connectivity index (χ0v) is 10.2. The third-order valence-electron chi connectivity index (χ3n) is 3.55. The van der Waals surface area contributed by atoms with Crippen molar-refractivity contribution in [1.29, 1.82) is 0 Å². The van der Waals surface area contributed by atoms with Crippen LogP contribution < -0.4 is 0 Å². The molecule has 0 bridgehead atoms. The van der Waals surface area contributed by atoms with Crippen molar-refractivity contribution >= 4 is 16.8 Å². The van der Waals surface area contributed by atoms with Gasteiger partial charge in [-0.3, -0.25) is 4.99 Å². The molecule has 0 spiro atoms. The molecule has 3 rings (SSSR count). The van der Waals surface area contributed by atoms with Crippen molar-refractivity contribution in [2.24, 2.45) is 10.9 Å². The number of ether oxygens (including phenoxy) is 1. The number of rotatable bonds is 3. The van der Waals surface area contributed by atoms with Crippen molar-refractivity contribution in [3.8, 4) is 0 Å². The maximum Gasteiger partial charge on any atom is 0.134 e. The van der Waals surface area contributed by atoms with E-state index >= 15 is 0 Å². The molecule has 5 unspecified atom stereocenters. The average Bonchev–Trinajstić information content (AvgIpc) is 3.02. The average molecular weight is 259 g/mol. The smallest absolute Gasteiger partial charge is 0.134 e. The van der Waals surface area contributed by atoms with Crippen LogP contribution in [0.4, 0.5) is 0 Å². The number of nitrogens with zero attached hydrogens (tertiary/aromatic N) is 1. The summed E-state index contributed by atoms with van der Waals surface area (Å²) >= 11 is 1.53. The van der Waals surface area contributed by atoms with Crippen molar-refractivity contribution in [2.75, 3.05) is 6.61 Å². The van der Waals surface area contributed by atoms with E-state index in [4.69, 9.17) is 9.84 Å². The molecular formula is C11H17NO4S. The van der Waals surface area contributed by atoms with Crippen LogP contribution in [0, 0.1) is 5.92 Å². The van der Waals surface area contributed by atoms with E-state index in [1.807, 2.05) is 0 Å². The largest absolute Gasteiger partial charge is 0.394 e. The zero-order valence-electron chi connectivity index (χ0n) is 9.40. The van der Waals surface area contributed by atoms with Crippen LogP contribution in [0.25, 0.3) is 0 Å². The van der Waals surface area contributed by atoms with Crippen LogP contribution in [0.15, 0.2) is 4.99 Å². The second-order valence-corrected chi connectivity index (χ2v) is 6.16. The van der Waals surface area contributed by atoms with Crippen LogP contribution in [0.5, 0.6) is 0 Å². The van der Waals surface area contributed by atoms with E-state index in [0.29, 0.717) is 0 Å². The number of hydrogen-bond acceptors (Lipinski definition) is 6. The standard InChI is InChI=1S/C11H17NO4S/c13-4-6-9(14)10(15)8-11(16-6)17-7(12-8)3-5-1-2-5/h5-6,8-11,13-15H,1-4H2. The minimum absolute atomic E-state index is 0.251. The molecule has 1 aliphatic carbocycles. The molecule has 3 aliphatic rings. The molecule has 6 heteroatoms. The van der Waals surface area contributed by atoms with E-state index in [0.717, 1.165) is 17.4 Å². The summed E-state index contributed by atoms with van der Waals surface area (Å²) in [5, 5.41) is 29.8. The highest BCUT2D eigenvalue weighted by Crippen LogP contribution is 2.41. The molecule has 1 saturated carbocycles. The Labute approximate surface area is 104 Å². The Morgan fingerprint density at radius 3 is 2.71 bits per heavy atom. The Hall–Kier alpha value is -0.140. The first kappa shape index (κ1) is 11.9. The monoisotopic (exact) mass is 259 g/mol. The molecule has 0 aromatic carbocycles. The summed E-state index contributed by atoms with van der Waals surface area (Å²) in [6.07, 6.45) is 0.809. The van der Waals surface area contributed by atoms with E-state index in [1.54, 1.807) is 0 Å². The van der Waals surface area contributed by atoms with Gasteiger partial charge in [-0.25, -0.2) is 0 Å². The second kappa shape index (κ2) is 4.51. The van der Waals surface area contributed by atoms with Gasteiger partial charge < -0.3 is 20.1 Å². The van der Waals surface area contributed by atoms with Gasteiger partial charge in [0.2, 0.25) is 0 Å². The van der Waals surface area contributed by atoms with Crippen molar-refractivity contribution in [2.45, 2.75) is 49.1 Å². The van der Waals surface area contributed by atoms with Gasteiger partial charge in [0, 0.05) is 0 Å². The number of hydrogen-bond donors (Lipinski definition) is 3. The van der Waals surface area contributed by atoms with Gasteiger partial charge in [-0.05, 0) is 25.2 Å². The number of aliphatic hydroxyl groups excluding tert-OH is 3. The van der Waals surface area contributed by atoms with Crippen molar-refractivity contribution in [3.05, 3.63) is 0 Å². The Morgan fingerprint density at radius 1 is 1.29 bits per heavy atom. The fourth-order valence-corrected chi connectivity index (χ4v) is 3.64. The number of fused-ring (bicyclic) bond motifs is 1. The fourth-order valence-electron chi connectivity index (χ4n) is 2.30. The van der Waals surface area contributed by atoms with Crippen LogP contribution in [0.1, 0.15) is 19.3 Å². The van der Waals surface area contributed by atoms with E-state index in [2.05, 4.69) is 4.99 Å². The van der Waals surface area contributed by atoms with Crippen LogP contribution in [-0.2, 0) is 4.74 Å². The van der Waals surface area contributed by atoms with Gasteiger partial charge in [0.1, 0.15) is 29.8 Å². The molecule has 17 heavy (non-hydrogen) atoms. The van der Waals surface area contributed by atoms with Gasteiger partial charge in [-0.1, -0.05) is 11.8 Å². The maximum atomic E-state index is 9.96. The highest BCUT2D eigenvalue weighted by atomic mass is 32.2. The van der Waals surface area contributed by atoms with Crippen molar-refractivity contribution in [1.82, 2.24) is 0 Å². The number of aliphatic imine (C=N–C) groups is 1. The predicted octanol–water partition coefficient (Wildman–Crippen LogP) is -0.261. The van der Waals surface area contributed by atoms with Gasteiger partial charge in [-0.2, -0.15) is 0 Å². The van der Waals surface area contributed by atoms with Gasteiger partial charge in [-0.15, -0.1) is 0 Å². The van der Waals surface area contributed by atoms with Crippen LogP contribution in [0.2, 0.25) is 0 Å². The first-order valence-electron chi connectivity index (χ1n) is 6.05. The summed E-state index contributed by atoms with van der Waals surface area (Å²) in [5.74, 6) is 0.747. The minimum atomic E-state index is -1.05. The van der Waals surface area contributed by atoms with Crippen molar-refractivity contribution in [3.63, 3.8) is 0 Å². The molecule has 2 heterocycles. The van der Waals surface area contributed by atoms with Gasteiger partial charge >= 0.3 is 0 Å². The van der Waals surface area contributed by atoms with Crippen molar-refractivity contribution < 1.29 is 20.1 Å². The highest BCUT2D eigenvalue weighted by Gasteiger charge is 2.48.